The number of hydrogen-bond acceptors (Lipinski definition) is 4. The molecule has 174 valence electrons. The molecule has 0 heterocycles. The number of amides is 2. The van der Waals surface area contributed by atoms with E-state index in [1.165, 1.54) is 20.0 Å². The summed E-state index contributed by atoms with van der Waals surface area (Å²) in [6.45, 7) is 1.43. The Kier molecular flexibility index (Phi) is 6.32. The van der Waals surface area contributed by atoms with Crippen molar-refractivity contribution in [1.82, 2.24) is 4.90 Å². The number of carbonyl (C=O) groups is 3. The third-order valence-electron chi connectivity index (χ3n) is 5.99. The number of benzene rings is 3. The summed E-state index contributed by atoms with van der Waals surface area (Å²) in [5.74, 6) is -2.76. The van der Waals surface area contributed by atoms with Crippen molar-refractivity contribution < 1.29 is 28.6 Å². The van der Waals surface area contributed by atoms with Crippen LogP contribution in [-0.2, 0) is 9.53 Å². The number of hydrogen-bond donors (Lipinski definition) is 2. The number of fused-ring (bicyclic) bond motifs is 3. The molecule has 7 nitrogen and oxygen atoms in total. The summed E-state index contributed by atoms with van der Waals surface area (Å²) in [5, 5.41) is 11.6. The van der Waals surface area contributed by atoms with Crippen LogP contribution in [0.25, 0.3) is 11.1 Å². The molecule has 4 rings (SSSR count). The molecule has 2 N–H and O–H groups in total. The van der Waals surface area contributed by atoms with Gasteiger partial charge in [0.15, 0.2) is 0 Å². The number of carboxylic acid groups (broad SMARTS) is 1. The van der Waals surface area contributed by atoms with Crippen LogP contribution >= 0.6 is 0 Å². The van der Waals surface area contributed by atoms with Crippen molar-refractivity contribution in [3.63, 3.8) is 0 Å². The van der Waals surface area contributed by atoms with Crippen LogP contribution in [0.2, 0.25) is 0 Å². The fourth-order valence-electron chi connectivity index (χ4n) is 4.08. The van der Waals surface area contributed by atoms with Crippen LogP contribution in [0, 0.1) is 5.82 Å². The third kappa shape index (κ3) is 4.47. The predicted molar refractivity (Wildman–Crippen MR) is 124 cm³/mol. The van der Waals surface area contributed by atoms with Gasteiger partial charge in [0, 0.05) is 24.2 Å². The summed E-state index contributed by atoms with van der Waals surface area (Å²) in [7, 11) is 1.31. The molecule has 1 aliphatic carbocycles. The highest BCUT2D eigenvalue weighted by Crippen LogP contribution is 2.44. The van der Waals surface area contributed by atoms with Crippen LogP contribution < -0.4 is 5.32 Å². The molecule has 0 aliphatic heterocycles. The molecule has 3 aromatic rings. The topological polar surface area (TPSA) is 95.9 Å². The van der Waals surface area contributed by atoms with Crippen LogP contribution in [0.15, 0.2) is 66.7 Å². The average Bonchev–Trinajstić information content (AvgIpc) is 3.14. The van der Waals surface area contributed by atoms with Gasteiger partial charge in [-0.1, -0.05) is 48.5 Å². The van der Waals surface area contributed by atoms with Crippen molar-refractivity contribution in [2.45, 2.75) is 18.9 Å². The number of nitrogens with one attached hydrogen (secondary N) is 1. The normalized spacial score (nSPS) is 12.9. The first-order valence-electron chi connectivity index (χ1n) is 10.7. The molecule has 34 heavy (non-hydrogen) atoms. The second-order valence-corrected chi connectivity index (χ2v) is 8.11. The van der Waals surface area contributed by atoms with Crippen LogP contribution in [0.3, 0.4) is 0 Å². The van der Waals surface area contributed by atoms with Crippen LogP contribution in [0.4, 0.5) is 14.9 Å². The molecule has 1 aliphatic rings. The number of likely N-dealkylation sites (N-methyl/N-ethyl adjacent to an activating group) is 1. The number of halogens is 1. The lowest BCUT2D eigenvalue weighted by atomic mass is 9.98. The van der Waals surface area contributed by atoms with Crippen LogP contribution in [0.1, 0.15) is 34.3 Å². The Hall–Kier alpha value is -4.20. The van der Waals surface area contributed by atoms with Crippen molar-refractivity contribution >= 4 is 23.7 Å². The van der Waals surface area contributed by atoms with E-state index in [1.54, 1.807) is 0 Å². The first kappa shape index (κ1) is 23.0. The molecule has 0 saturated carbocycles. The highest BCUT2D eigenvalue weighted by molar-refractivity contribution is 5.98. The van der Waals surface area contributed by atoms with Gasteiger partial charge in [0.1, 0.15) is 18.5 Å². The Balaban J connectivity index is 1.46. The van der Waals surface area contributed by atoms with E-state index >= 15 is 0 Å². The summed E-state index contributed by atoms with van der Waals surface area (Å²) >= 11 is 0. The summed E-state index contributed by atoms with van der Waals surface area (Å²) in [4.78, 5) is 37.2. The molecular formula is C26H23FN2O5. The number of carbonyl (C=O) groups excluding carboxylic acids is 2. The molecule has 0 aromatic heterocycles. The molecule has 3 aromatic carbocycles. The highest BCUT2D eigenvalue weighted by Gasteiger charge is 2.29. The smallest absolute Gasteiger partial charge is 0.411 e. The SMILES string of the molecule is CC(C(=O)O)N(C)C(=O)c1cc(F)cc(NC(=O)OCC2c3ccccc3-c3ccccc32)c1. The Bertz CT molecular complexity index is 1230. The maximum absolute atomic E-state index is 14.1. The number of rotatable bonds is 6. The van der Waals surface area contributed by atoms with E-state index in [4.69, 9.17) is 9.84 Å². The minimum absolute atomic E-state index is 0.0250. The Morgan fingerprint density at radius 3 is 2.21 bits per heavy atom. The minimum atomic E-state index is -1.19. The van der Waals surface area contributed by atoms with Crippen molar-refractivity contribution in [3.8, 4) is 11.1 Å². The summed E-state index contributed by atoms with van der Waals surface area (Å²) < 4.78 is 19.6. The van der Waals surface area contributed by atoms with Gasteiger partial charge in [-0.25, -0.2) is 14.0 Å². The quantitative estimate of drug-likeness (QED) is 0.552. The lowest BCUT2D eigenvalue weighted by Crippen LogP contribution is -2.40. The van der Waals surface area contributed by atoms with Gasteiger partial charge in [-0.2, -0.15) is 0 Å². The van der Waals surface area contributed by atoms with Gasteiger partial charge in [0.2, 0.25) is 0 Å². The number of carboxylic acids is 1. The Labute approximate surface area is 195 Å². The molecule has 0 fully saturated rings. The van der Waals surface area contributed by atoms with Gasteiger partial charge in [-0.3, -0.25) is 10.1 Å². The van der Waals surface area contributed by atoms with Gasteiger partial charge in [-0.15, -0.1) is 0 Å². The zero-order chi connectivity index (χ0) is 24.4. The van der Waals surface area contributed by atoms with E-state index in [1.807, 2.05) is 48.5 Å². The second kappa shape index (κ2) is 9.35. The molecule has 0 saturated heterocycles. The first-order chi connectivity index (χ1) is 16.3. The number of aliphatic carboxylic acids is 1. The number of anilines is 1. The van der Waals surface area contributed by atoms with Gasteiger partial charge in [0.05, 0.1) is 0 Å². The van der Waals surface area contributed by atoms with Gasteiger partial charge < -0.3 is 14.7 Å². The molecule has 1 atom stereocenters. The lowest BCUT2D eigenvalue weighted by molar-refractivity contribution is -0.141. The maximum Gasteiger partial charge on any atom is 0.411 e. The van der Waals surface area contributed by atoms with Crippen molar-refractivity contribution in [3.05, 3.63) is 89.2 Å². The molecule has 8 heteroatoms. The fourth-order valence-corrected chi connectivity index (χ4v) is 4.08. The van der Waals surface area contributed by atoms with Crippen LogP contribution in [0.5, 0.6) is 0 Å². The second-order valence-electron chi connectivity index (χ2n) is 8.11. The van der Waals surface area contributed by atoms with Gasteiger partial charge in [0.25, 0.3) is 5.91 Å². The standard InChI is InChI=1S/C26H23FN2O5/c1-15(25(31)32)29(2)24(30)16-11-17(27)13-18(12-16)28-26(33)34-14-23-21-9-5-3-7-19(21)20-8-4-6-10-22(20)23/h3-13,15,23H,14H2,1-2H3,(H,28,33)(H,31,32). The van der Waals surface area contributed by atoms with E-state index in [0.29, 0.717) is 0 Å². The van der Waals surface area contributed by atoms with E-state index in [0.717, 1.165) is 39.3 Å². The molecule has 0 spiro atoms. The van der Waals surface area contributed by atoms with E-state index in [2.05, 4.69) is 5.32 Å². The predicted octanol–water partition coefficient (Wildman–Crippen LogP) is 4.73. The van der Waals surface area contributed by atoms with Gasteiger partial charge >= 0.3 is 12.1 Å². The van der Waals surface area contributed by atoms with E-state index < -0.39 is 29.8 Å². The summed E-state index contributed by atoms with van der Waals surface area (Å²) in [6, 6.07) is 18.1. The molecule has 0 bridgehead atoms. The minimum Gasteiger partial charge on any atom is -0.480 e. The number of ether oxygens (including phenoxy) is 1. The van der Waals surface area contributed by atoms with Crippen molar-refractivity contribution in [1.29, 1.82) is 0 Å². The summed E-state index contributed by atoms with van der Waals surface area (Å²) in [5.41, 5.74) is 4.25. The van der Waals surface area contributed by atoms with Crippen molar-refractivity contribution in [2.75, 3.05) is 19.0 Å². The Morgan fingerprint density at radius 1 is 1.03 bits per heavy atom. The fraction of sp³-hybridized carbons (Fsp3) is 0.192. The third-order valence-corrected chi connectivity index (χ3v) is 5.99. The van der Waals surface area contributed by atoms with E-state index in [-0.39, 0.29) is 23.8 Å². The van der Waals surface area contributed by atoms with Crippen LogP contribution in [-0.4, -0.2) is 47.7 Å². The highest BCUT2D eigenvalue weighted by atomic mass is 19.1. The van der Waals surface area contributed by atoms with Gasteiger partial charge in [-0.05, 0) is 47.4 Å². The molecule has 2 amide bonds. The Morgan fingerprint density at radius 2 is 1.62 bits per heavy atom. The zero-order valence-corrected chi connectivity index (χ0v) is 18.6. The monoisotopic (exact) mass is 462 g/mol. The maximum atomic E-state index is 14.1. The lowest BCUT2D eigenvalue weighted by Gasteiger charge is -2.21. The first-order valence-corrected chi connectivity index (χ1v) is 10.7. The van der Waals surface area contributed by atoms with Crippen molar-refractivity contribution in [2.24, 2.45) is 0 Å². The zero-order valence-electron chi connectivity index (χ0n) is 18.6. The summed E-state index contributed by atoms with van der Waals surface area (Å²) in [6.07, 6.45) is -0.793. The molecular weight excluding hydrogens is 439 g/mol. The largest absolute Gasteiger partial charge is 0.480 e. The molecule has 1 unspecified atom stereocenters. The van der Waals surface area contributed by atoms with E-state index in [9.17, 15) is 18.8 Å². The molecule has 0 radical (unpaired) electrons. The number of nitrogens with zero attached hydrogens (tertiary/aromatic N) is 1. The average molecular weight is 462 g/mol.